The van der Waals surface area contributed by atoms with Gasteiger partial charge in [0.25, 0.3) is 0 Å². The van der Waals surface area contributed by atoms with Gasteiger partial charge in [-0.1, -0.05) is 12.1 Å². The first-order chi connectivity index (χ1) is 12.2. The highest BCUT2D eigenvalue weighted by Gasteiger charge is 2.07. The van der Waals surface area contributed by atoms with Crippen molar-refractivity contribution >= 4 is 17.1 Å². The van der Waals surface area contributed by atoms with Crippen molar-refractivity contribution in [2.45, 2.75) is 12.8 Å². The van der Waals surface area contributed by atoms with E-state index in [-0.39, 0.29) is 0 Å². The molecule has 3 aromatic rings. The molecule has 0 N–H and O–H groups in total. The van der Waals surface area contributed by atoms with Gasteiger partial charge >= 0.3 is 6.16 Å². The third-order valence-electron chi connectivity index (χ3n) is 3.69. The molecule has 0 aliphatic rings. The lowest BCUT2D eigenvalue weighted by molar-refractivity contribution is 0.121. The lowest BCUT2D eigenvalue weighted by atomic mass is 10.1. The number of aromatic nitrogens is 2. The summed E-state index contributed by atoms with van der Waals surface area (Å²) in [6.07, 6.45) is 2.42. The summed E-state index contributed by atoms with van der Waals surface area (Å²) in [5.74, 6) is 1.07. The average molecular weight is 333 g/mol. The van der Waals surface area contributed by atoms with E-state index in [1.165, 1.54) is 7.11 Å². The highest BCUT2D eigenvalue weighted by molar-refractivity contribution is 5.80. The number of hydrogen-bond acceptors (Lipinski definition) is 6. The molecular formula is C19H15N3O3. The number of methoxy groups -OCH3 is 1. The van der Waals surface area contributed by atoms with Gasteiger partial charge < -0.3 is 9.47 Å². The molecule has 1 heterocycles. The lowest BCUT2D eigenvalue weighted by Crippen LogP contribution is -2.07. The van der Waals surface area contributed by atoms with E-state index in [9.17, 15) is 4.79 Å². The van der Waals surface area contributed by atoms with Crippen LogP contribution in [0.1, 0.15) is 17.0 Å². The number of hydrogen-bond donors (Lipinski definition) is 0. The molecule has 0 fully saturated rings. The van der Waals surface area contributed by atoms with E-state index < -0.39 is 6.16 Å². The van der Waals surface area contributed by atoms with Gasteiger partial charge in [0.05, 0.1) is 24.3 Å². The molecule has 0 amide bonds. The number of nitrogens with zero attached hydrogens (tertiary/aromatic N) is 3. The van der Waals surface area contributed by atoms with Gasteiger partial charge in [-0.05, 0) is 36.2 Å². The Balaban J connectivity index is 1.74. The van der Waals surface area contributed by atoms with Crippen molar-refractivity contribution in [2.75, 3.05) is 7.11 Å². The van der Waals surface area contributed by atoms with Crippen LogP contribution in [0.4, 0.5) is 4.79 Å². The molecule has 25 heavy (non-hydrogen) atoms. The van der Waals surface area contributed by atoms with Gasteiger partial charge in [-0.25, -0.2) is 14.8 Å². The van der Waals surface area contributed by atoms with Crippen LogP contribution in [0.15, 0.2) is 48.7 Å². The Hall–Kier alpha value is -3.46. The third kappa shape index (κ3) is 4.09. The number of nitriles is 1. The minimum atomic E-state index is -0.769. The minimum absolute atomic E-state index is 0.371. The van der Waals surface area contributed by atoms with Crippen molar-refractivity contribution in [3.63, 3.8) is 0 Å². The summed E-state index contributed by atoms with van der Waals surface area (Å²) in [6.45, 7) is 0. The maximum Gasteiger partial charge on any atom is 0.513 e. The molecule has 0 aliphatic carbocycles. The number of ether oxygens (including phenoxy) is 2. The largest absolute Gasteiger partial charge is 0.513 e. The smallest absolute Gasteiger partial charge is 0.437 e. The Bertz CT molecular complexity index is 946. The molecule has 0 spiro atoms. The van der Waals surface area contributed by atoms with Crippen molar-refractivity contribution in [1.29, 1.82) is 5.26 Å². The Morgan fingerprint density at radius 1 is 1.16 bits per heavy atom. The number of carbonyl (C=O) groups excluding carboxylic acids is 1. The van der Waals surface area contributed by atoms with E-state index >= 15 is 0 Å². The fourth-order valence-corrected chi connectivity index (χ4v) is 2.37. The first-order valence-electron chi connectivity index (χ1n) is 7.68. The van der Waals surface area contributed by atoms with Crippen LogP contribution >= 0.6 is 0 Å². The summed E-state index contributed by atoms with van der Waals surface area (Å²) < 4.78 is 9.49. The van der Waals surface area contributed by atoms with Crippen LogP contribution in [0.3, 0.4) is 0 Å². The quantitative estimate of drug-likeness (QED) is 0.537. The van der Waals surface area contributed by atoms with Crippen LogP contribution in [-0.4, -0.2) is 23.2 Å². The van der Waals surface area contributed by atoms with Gasteiger partial charge in [0.1, 0.15) is 11.6 Å². The van der Waals surface area contributed by atoms with Crippen molar-refractivity contribution in [2.24, 2.45) is 0 Å². The molecule has 6 nitrogen and oxygen atoms in total. The van der Waals surface area contributed by atoms with E-state index in [0.717, 1.165) is 17.4 Å². The molecule has 1 aromatic heterocycles. The summed E-state index contributed by atoms with van der Waals surface area (Å²) >= 11 is 0. The van der Waals surface area contributed by atoms with E-state index in [1.54, 1.807) is 36.5 Å². The van der Waals surface area contributed by atoms with Crippen LogP contribution < -0.4 is 4.74 Å². The maximum atomic E-state index is 11.2. The molecular weight excluding hydrogens is 318 g/mol. The molecule has 3 rings (SSSR count). The number of fused-ring (bicyclic) bond motifs is 1. The second kappa shape index (κ2) is 7.41. The molecule has 0 aliphatic heterocycles. The second-order valence-corrected chi connectivity index (χ2v) is 5.37. The van der Waals surface area contributed by atoms with Crippen LogP contribution in [0.25, 0.3) is 10.9 Å². The Morgan fingerprint density at radius 2 is 1.96 bits per heavy atom. The zero-order valence-electron chi connectivity index (χ0n) is 13.6. The topological polar surface area (TPSA) is 85.1 Å². The highest BCUT2D eigenvalue weighted by Crippen LogP contribution is 2.19. The lowest BCUT2D eigenvalue weighted by Gasteiger charge is -2.05. The zero-order chi connectivity index (χ0) is 17.6. The molecule has 124 valence electrons. The van der Waals surface area contributed by atoms with Crippen LogP contribution in [0.2, 0.25) is 0 Å². The van der Waals surface area contributed by atoms with E-state index in [2.05, 4.69) is 20.8 Å². The van der Waals surface area contributed by atoms with Gasteiger partial charge in [0.15, 0.2) is 0 Å². The van der Waals surface area contributed by atoms with E-state index in [0.29, 0.717) is 29.1 Å². The fraction of sp³-hybridized carbons (Fsp3) is 0.158. The summed E-state index contributed by atoms with van der Waals surface area (Å²) in [6, 6.07) is 14.7. The SMILES string of the molecule is COC(=O)Oc1ccc2cnc(CCc3ccc(C#N)cc3)nc2c1. The molecule has 0 saturated carbocycles. The average Bonchev–Trinajstić information content (AvgIpc) is 2.66. The predicted molar refractivity (Wildman–Crippen MR) is 91.1 cm³/mol. The summed E-state index contributed by atoms with van der Waals surface area (Å²) in [7, 11) is 1.26. The molecule has 0 radical (unpaired) electrons. The molecule has 0 unspecified atom stereocenters. The van der Waals surface area contributed by atoms with Crippen molar-refractivity contribution in [3.8, 4) is 11.8 Å². The molecule has 0 bridgehead atoms. The minimum Gasteiger partial charge on any atom is -0.437 e. The Kier molecular flexibility index (Phi) is 4.86. The third-order valence-corrected chi connectivity index (χ3v) is 3.69. The number of aryl methyl sites for hydroxylation is 2. The van der Waals surface area contributed by atoms with Gasteiger partial charge in [-0.3, -0.25) is 0 Å². The highest BCUT2D eigenvalue weighted by atomic mass is 16.7. The van der Waals surface area contributed by atoms with Crippen LogP contribution in [0.5, 0.6) is 5.75 Å². The monoisotopic (exact) mass is 333 g/mol. The summed E-state index contributed by atoms with van der Waals surface area (Å²) in [5, 5.41) is 9.68. The molecule has 2 aromatic carbocycles. The summed E-state index contributed by atoms with van der Waals surface area (Å²) in [5.41, 5.74) is 2.46. The fourth-order valence-electron chi connectivity index (χ4n) is 2.37. The maximum absolute atomic E-state index is 11.2. The number of benzene rings is 2. The molecule has 0 atom stereocenters. The van der Waals surface area contributed by atoms with Crippen molar-refractivity contribution in [3.05, 3.63) is 65.6 Å². The molecule has 6 heteroatoms. The first-order valence-corrected chi connectivity index (χ1v) is 7.68. The van der Waals surface area contributed by atoms with Crippen molar-refractivity contribution < 1.29 is 14.3 Å². The Morgan fingerprint density at radius 3 is 2.68 bits per heavy atom. The predicted octanol–water partition coefficient (Wildman–Crippen LogP) is 3.43. The van der Waals surface area contributed by atoms with Crippen molar-refractivity contribution in [1.82, 2.24) is 9.97 Å². The Labute approximate surface area is 144 Å². The number of rotatable bonds is 4. The van der Waals surface area contributed by atoms with Gasteiger partial charge in [-0.2, -0.15) is 5.26 Å². The summed E-state index contributed by atoms with van der Waals surface area (Å²) in [4.78, 5) is 20.1. The number of carbonyl (C=O) groups is 1. The van der Waals surface area contributed by atoms with E-state index in [4.69, 9.17) is 10.00 Å². The van der Waals surface area contributed by atoms with Gasteiger partial charge in [0, 0.05) is 24.1 Å². The standard InChI is InChI=1S/C19H15N3O3/c1-24-19(23)25-16-8-7-15-12-21-18(22-17(15)10-16)9-6-13-2-4-14(11-20)5-3-13/h2-5,7-8,10,12H,6,9H2,1H3. The van der Waals surface area contributed by atoms with Crippen LogP contribution in [-0.2, 0) is 17.6 Å². The second-order valence-electron chi connectivity index (χ2n) is 5.37. The first kappa shape index (κ1) is 16.4. The van der Waals surface area contributed by atoms with E-state index in [1.807, 2.05) is 12.1 Å². The normalized spacial score (nSPS) is 10.2. The zero-order valence-corrected chi connectivity index (χ0v) is 13.6. The molecule has 0 saturated heterocycles. The van der Waals surface area contributed by atoms with Gasteiger partial charge in [-0.15, -0.1) is 0 Å². The van der Waals surface area contributed by atoms with Gasteiger partial charge in [0.2, 0.25) is 0 Å². The van der Waals surface area contributed by atoms with Crippen LogP contribution in [0, 0.1) is 11.3 Å².